The predicted molar refractivity (Wildman–Crippen MR) is 84.1 cm³/mol. The second-order valence-electron chi connectivity index (χ2n) is 4.66. The average Bonchev–Trinajstić information content (AvgIpc) is 2.46. The van der Waals surface area contributed by atoms with Gasteiger partial charge in [-0.3, -0.25) is 4.98 Å². The zero-order valence-corrected chi connectivity index (χ0v) is 12.1. The van der Waals surface area contributed by atoms with Crippen molar-refractivity contribution < 1.29 is 0 Å². The molecule has 0 saturated heterocycles. The van der Waals surface area contributed by atoms with Crippen LogP contribution in [0.4, 0.5) is 11.4 Å². The molecule has 2 rings (SSSR count). The Morgan fingerprint density at radius 1 is 1.11 bits per heavy atom. The first kappa shape index (κ1) is 13.7. The van der Waals surface area contributed by atoms with Crippen molar-refractivity contribution in [3.8, 4) is 0 Å². The van der Waals surface area contributed by atoms with Crippen molar-refractivity contribution in [2.75, 3.05) is 29.9 Å². The molecule has 1 heterocycles. The first-order valence-electron chi connectivity index (χ1n) is 7.17. The van der Waals surface area contributed by atoms with E-state index < -0.39 is 0 Å². The minimum Gasteiger partial charge on any atom is -0.384 e. The highest BCUT2D eigenvalue weighted by Gasteiger charge is 2.06. The molecule has 0 atom stereocenters. The Bertz CT molecular complexity index is 533. The van der Waals surface area contributed by atoms with Gasteiger partial charge in [0.1, 0.15) is 0 Å². The third-order valence-corrected chi connectivity index (χ3v) is 3.42. The number of pyridine rings is 1. The van der Waals surface area contributed by atoms with Gasteiger partial charge in [-0.2, -0.15) is 0 Å². The van der Waals surface area contributed by atoms with E-state index in [1.54, 1.807) is 0 Å². The van der Waals surface area contributed by atoms with E-state index in [0.29, 0.717) is 0 Å². The van der Waals surface area contributed by atoms with Crippen molar-refractivity contribution in [2.45, 2.75) is 27.2 Å². The molecule has 1 aromatic carbocycles. The highest BCUT2D eigenvalue weighted by molar-refractivity contribution is 5.93. The monoisotopic (exact) mass is 257 g/mol. The maximum Gasteiger partial charge on any atom is 0.0724 e. The lowest BCUT2D eigenvalue weighted by Gasteiger charge is -2.21. The van der Waals surface area contributed by atoms with Crippen LogP contribution in [0.25, 0.3) is 10.9 Å². The highest BCUT2D eigenvalue weighted by atomic mass is 15.1. The lowest BCUT2D eigenvalue weighted by molar-refractivity contribution is 0.867. The second-order valence-corrected chi connectivity index (χ2v) is 4.66. The van der Waals surface area contributed by atoms with Gasteiger partial charge in [-0.15, -0.1) is 0 Å². The van der Waals surface area contributed by atoms with Gasteiger partial charge in [0.05, 0.1) is 5.52 Å². The number of nitrogens with zero attached hydrogens (tertiary/aromatic N) is 2. The largest absolute Gasteiger partial charge is 0.384 e. The van der Waals surface area contributed by atoms with Gasteiger partial charge < -0.3 is 10.2 Å². The van der Waals surface area contributed by atoms with Crippen molar-refractivity contribution in [2.24, 2.45) is 0 Å². The zero-order chi connectivity index (χ0) is 13.7. The number of benzene rings is 1. The molecule has 2 aromatic rings. The van der Waals surface area contributed by atoms with Crippen LogP contribution in [0.2, 0.25) is 0 Å². The predicted octanol–water partition coefficient (Wildman–Crippen LogP) is 3.90. The van der Waals surface area contributed by atoms with Gasteiger partial charge in [0.15, 0.2) is 0 Å². The SMILES string of the molecule is CCCNc1ccnc2ccc(N(CC)CC)cc12. The van der Waals surface area contributed by atoms with Crippen LogP contribution < -0.4 is 10.2 Å². The van der Waals surface area contributed by atoms with Crippen LogP contribution in [0.1, 0.15) is 27.2 Å². The fraction of sp³-hybridized carbons (Fsp3) is 0.438. The number of hydrogen-bond acceptors (Lipinski definition) is 3. The summed E-state index contributed by atoms with van der Waals surface area (Å²) < 4.78 is 0. The highest BCUT2D eigenvalue weighted by Crippen LogP contribution is 2.26. The fourth-order valence-corrected chi connectivity index (χ4v) is 2.33. The molecule has 0 amide bonds. The van der Waals surface area contributed by atoms with Crippen LogP contribution in [-0.2, 0) is 0 Å². The Labute approximate surface area is 115 Å². The first-order chi connectivity index (χ1) is 9.30. The van der Waals surface area contributed by atoms with Crippen molar-refractivity contribution >= 4 is 22.3 Å². The van der Waals surface area contributed by atoms with E-state index in [4.69, 9.17) is 0 Å². The molecule has 1 N–H and O–H groups in total. The summed E-state index contributed by atoms with van der Waals surface area (Å²) in [5.74, 6) is 0. The molecule has 0 unspecified atom stereocenters. The van der Waals surface area contributed by atoms with Gasteiger partial charge in [-0.05, 0) is 44.5 Å². The third kappa shape index (κ3) is 2.98. The number of rotatable bonds is 6. The van der Waals surface area contributed by atoms with Crippen LogP contribution in [0, 0.1) is 0 Å². The Morgan fingerprint density at radius 2 is 1.89 bits per heavy atom. The van der Waals surface area contributed by atoms with E-state index in [2.05, 4.69) is 60.2 Å². The number of aromatic nitrogens is 1. The van der Waals surface area contributed by atoms with E-state index >= 15 is 0 Å². The van der Waals surface area contributed by atoms with Gasteiger partial charge in [0.25, 0.3) is 0 Å². The molecule has 0 bridgehead atoms. The summed E-state index contributed by atoms with van der Waals surface area (Å²) in [4.78, 5) is 6.80. The normalized spacial score (nSPS) is 10.7. The minimum absolute atomic E-state index is 0.995. The van der Waals surface area contributed by atoms with Crippen molar-refractivity contribution in [1.82, 2.24) is 4.98 Å². The second kappa shape index (κ2) is 6.41. The molecule has 0 aliphatic rings. The first-order valence-corrected chi connectivity index (χ1v) is 7.17. The van der Waals surface area contributed by atoms with Gasteiger partial charge >= 0.3 is 0 Å². The lowest BCUT2D eigenvalue weighted by Crippen LogP contribution is -2.21. The summed E-state index contributed by atoms with van der Waals surface area (Å²) >= 11 is 0. The van der Waals surface area contributed by atoms with E-state index in [1.807, 2.05) is 6.20 Å². The molecule has 0 fully saturated rings. The number of nitrogens with one attached hydrogen (secondary N) is 1. The van der Waals surface area contributed by atoms with Crippen molar-refractivity contribution in [3.05, 3.63) is 30.5 Å². The smallest absolute Gasteiger partial charge is 0.0724 e. The van der Waals surface area contributed by atoms with Crippen molar-refractivity contribution in [3.63, 3.8) is 0 Å². The molecule has 0 radical (unpaired) electrons. The molecule has 0 aliphatic carbocycles. The van der Waals surface area contributed by atoms with Gasteiger partial charge in [0, 0.05) is 42.6 Å². The van der Waals surface area contributed by atoms with Crippen LogP contribution in [0.3, 0.4) is 0 Å². The standard InChI is InChI=1S/C16H23N3/c1-4-10-17-16-9-11-18-15-8-7-13(12-14(15)16)19(5-2)6-3/h7-9,11-12H,4-6,10H2,1-3H3,(H,17,18). The topological polar surface area (TPSA) is 28.2 Å². The number of anilines is 2. The van der Waals surface area contributed by atoms with Gasteiger partial charge in [-0.25, -0.2) is 0 Å². The van der Waals surface area contributed by atoms with E-state index in [0.717, 1.165) is 31.6 Å². The Balaban J connectivity index is 2.43. The van der Waals surface area contributed by atoms with E-state index in [-0.39, 0.29) is 0 Å². The molecule has 1 aromatic heterocycles. The summed E-state index contributed by atoms with van der Waals surface area (Å²) in [6.07, 6.45) is 3.00. The minimum atomic E-state index is 0.995. The van der Waals surface area contributed by atoms with Gasteiger partial charge in [0.2, 0.25) is 0 Å². The van der Waals surface area contributed by atoms with Crippen LogP contribution in [0.15, 0.2) is 30.5 Å². The number of hydrogen-bond donors (Lipinski definition) is 1. The lowest BCUT2D eigenvalue weighted by atomic mass is 10.1. The summed E-state index contributed by atoms with van der Waals surface area (Å²) in [7, 11) is 0. The van der Waals surface area contributed by atoms with E-state index in [9.17, 15) is 0 Å². The quantitative estimate of drug-likeness (QED) is 0.850. The molecule has 0 spiro atoms. The third-order valence-electron chi connectivity index (χ3n) is 3.42. The molecular weight excluding hydrogens is 234 g/mol. The fourth-order valence-electron chi connectivity index (χ4n) is 2.33. The Hall–Kier alpha value is -1.77. The summed E-state index contributed by atoms with van der Waals surface area (Å²) in [5.41, 5.74) is 3.50. The van der Waals surface area contributed by atoms with Crippen LogP contribution in [-0.4, -0.2) is 24.6 Å². The summed E-state index contributed by atoms with van der Waals surface area (Å²) in [5, 5.41) is 4.69. The molecule has 3 nitrogen and oxygen atoms in total. The average molecular weight is 257 g/mol. The summed E-state index contributed by atoms with van der Waals surface area (Å²) in [6, 6.07) is 8.57. The Morgan fingerprint density at radius 3 is 2.58 bits per heavy atom. The molecule has 0 aliphatic heterocycles. The van der Waals surface area contributed by atoms with Crippen molar-refractivity contribution in [1.29, 1.82) is 0 Å². The zero-order valence-electron chi connectivity index (χ0n) is 12.1. The molecule has 3 heteroatoms. The maximum absolute atomic E-state index is 4.44. The van der Waals surface area contributed by atoms with Crippen LogP contribution in [0.5, 0.6) is 0 Å². The number of fused-ring (bicyclic) bond motifs is 1. The molecule has 102 valence electrons. The summed E-state index contributed by atoms with van der Waals surface area (Å²) in [6.45, 7) is 9.60. The molecular formula is C16H23N3. The van der Waals surface area contributed by atoms with E-state index in [1.165, 1.54) is 16.8 Å². The van der Waals surface area contributed by atoms with Crippen LogP contribution >= 0.6 is 0 Å². The van der Waals surface area contributed by atoms with Gasteiger partial charge in [-0.1, -0.05) is 6.92 Å². The maximum atomic E-state index is 4.44. The molecule has 0 saturated carbocycles. The molecule has 19 heavy (non-hydrogen) atoms. The Kier molecular flexibility index (Phi) is 4.61.